The van der Waals surface area contributed by atoms with Gasteiger partial charge in [0.15, 0.2) is 5.96 Å². The van der Waals surface area contributed by atoms with E-state index in [1.165, 1.54) is 5.56 Å². The summed E-state index contributed by atoms with van der Waals surface area (Å²) in [6.07, 6.45) is 0.986. The second-order valence-electron chi connectivity index (χ2n) is 5.75. The van der Waals surface area contributed by atoms with E-state index in [0.717, 1.165) is 34.1 Å². The highest BCUT2D eigenvalue weighted by molar-refractivity contribution is 14.0. The zero-order chi connectivity index (χ0) is 18.4. The molecule has 0 aliphatic rings. The molecule has 0 aliphatic heterocycles. The Bertz CT molecular complexity index is 893. The van der Waals surface area contributed by atoms with Gasteiger partial charge in [-0.1, -0.05) is 19.1 Å². The lowest BCUT2D eigenvalue weighted by atomic mass is 10.1. The van der Waals surface area contributed by atoms with Gasteiger partial charge in [-0.05, 0) is 48.4 Å². The third-order valence-corrected chi connectivity index (χ3v) is 4.85. The third kappa shape index (κ3) is 5.93. The number of methoxy groups -OCH3 is 1. The summed E-state index contributed by atoms with van der Waals surface area (Å²) in [5.41, 5.74) is 10.2. The predicted molar refractivity (Wildman–Crippen MR) is 124 cm³/mol. The standard InChI is InChI=1S/C20H22N4OS.HI/c1-3-14-5-4-6-16(11-14)24-20(21)22-12-17-13-26-19(23-17)15-7-9-18(25-2)10-8-15;/h4-11,13H,3,12H2,1-2H3,(H3,21,22,24);1H. The van der Waals surface area contributed by atoms with Gasteiger partial charge in [0.05, 0.1) is 19.3 Å². The summed E-state index contributed by atoms with van der Waals surface area (Å²) in [5.74, 6) is 1.22. The molecular formula is C20H23IN4OS. The largest absolute Gasteiger partial charge is 0.497 e. The van der Waals surface area contributed by atoms with Crippen molar-refractivity contribution in [3.05, 3.63) is 65.2 Å². The molecule has 0 bridgehead atoms. The summed E-state index contributed by atoms with van der Waals surface area (Å²) in [4.78, 5) is 9.02. The van der Waals surface area contributed by atoms with Crippen molar-refractivity contribution in [3.8, 4) is 16.3 Å². The molecule has 0 fully saturated rings. The molecule has 1 aromatic heterocycles. The number of halogens is 1. The van der Waals surface area contributed by atoms with Crippen LogP contribution in [-0.4, -0.2) is 18.1 Å². The smallest absolute Gasteiger partial charge is 0.193 e. The summed E-state index contributed by atoms with van der Waals surface area (Å²) >= 11 is 1.59. The van der Waals surface area contributed by atoms with E-state index in [-0.39, 0.29) is 24.0 Å². The summed E-state index contributed by atoms with van der Waals surface area (Å²) in [6, 6.07) is 16.0. The number of nitrogens with zero attached hydrogens (tertiary/aromatic N) is 2. The zero-order valence-electron chi connectivity index (χ0n) is 15.3. The highest BCUT2D eigenvalue weighted by Gasteiger charge is 2.05. The summed E-state index contributed by atoms with van der Waals surface area (Å²) in [6.45, 7) is 2.57. The quantitative estimate of drug-likeness (QED) is 0.290. The van der Waals surface area contributed by atoms with Gasteiger partial charge in [-0.25, -0.2) is 9.98 Å². The molecule has 0 spiro atoms. The van der Waals surface area contributed by atoms with Gasteiger partial charge in [0.1, 0.15) is 10.8 Å². The maximum atomic E-state index is 6.00. The molecule has 0 amide bonds. The SMILES string of the molecule is CCc1cccc(NC(N)=NCc2csc(-c3ccc(OC)cc3)n2)c1.I. The molecule has 3 N–H and O–H groups in total. The van der Waals surface area contributed by atoms with Gasteiger partial charge in [0.25, 0.3) is 0 Å². The minimum atomic E-state index is 0. The number of guanidine groups is 1. The number of nitrogens with one attached hydrogen (secondary N) is 1. The summed E-state index contributed by atoms with van der Waals surface area (Å²) < 4.78 is 5.18. The minimum absolute atomic E-state index is 0. The first-order valence-electron chi connectivity index (χ1n) is 8.42. The highest BCUT2D eigenvalue weighted by atomic mass is 127. The molecule has 1 heterocycles. The van der Waals surface area contributed by atoms with Crippen molar-refractivity contribution in [3.63, 3.8) is 0 Å². The number of hydrogen-bond acceptors (Lipinski definition) is 4. The van der Waals surface area contributed by atoms with Crippen LogP contribution in [0.15, 0.2) is 58.9 Å². The van der Waals surface area contributed by atoms with Crippen LogP contribution in [0, 0.1) is 0 Å². The van der Waals surface area contributed by atoms with Crippen LogP contribution in [0.5, 0.6) is 5.75 Å². The summed E-state index contributed by atoms with van der Waals surface area (Å²) in [7, 11) is 1.66. The van der Waals surface area contributed by atoms with Crippen molar-refractivity contribution >= 4 is 47.0 Å². The second kappa shape index (κ2) is 10.3. The average Bonchev–Trinajstić information content (AvgIpc) is 3.15. The molecule has 3 aromatic rings. The molecule has 0 atom stereocenters. The van der Waals surface area contributed by atoms with Crippen LogP contribution in [0.25, 0.3) is 10.6 Å². The highest BCUT2D eigenvalue weighted by Crippen LogP contribution is 2.25. The number of aryl methyl sites for hydroxylation is 1. The summed E-state index contributed by atoms with van der Waals surface area (Å²) in [5, 5.41) is 6.09. The molecule has 2 aromatic carbocycles. The number of aromatic nitrogens is 1. The van der Waals surface area contributed by atoms with Gasteiger partial charge in [-0.15, -0.1) is 35.3 Å². The van der Waals surface area contributed by atoms with Crippen LogP contribution in [0.2, 0.25) is 0 Å². The Balaban J connectivity index is 0.00000261. The van der Waals surface area contributed by atoms with E-state index in [0.29, 0.717) is 12.5 Å². The van der Waals surface area contributed by atoms with Crippen molar-refractivity contribution in [1.29, 1.82) is 0 Å². The average molecular weight is 494 g/mol. The number of nitrogens with two attached hydrogens (primary N) is 1. The van der Waals surface area contributed by atoms with Gasteiger partial charge >= 0.3 is 0 Å². The Morgan fingerprint density at radius 2 is 2.00 bits per heavy atom. The van der Waals surface area contributed by atoms with Crippen LogP contribution < -0.4 is 15.8 Å². The monoisotopic (exact) mass is 494 g/mol. The van der Waals surface area contributed by atoms with Crippen LogP contribution in [-0.2, 0) is 13.0 Å². The topological polar surface area (TPSA) is 72.5 Å². The van der Waals surface area contributed by atoms with E-state index in [2.05, 4.69) is 34.3 Å². The Kier molecular flexibility index (Phi) is 8.05. The molecule has 3 rings (SSSR count). The fourth-order valence-corrected chi connectivity index (χ4v) is 3.29. The van der Waals surface area contributed by atoms with E-state index in [1.54, 1.807) is 18.4 Å². The second-order valence-corrected chi connectivity index (χ2v) is 6.61. The molecule has 27 heavy (non-hydrogen) atoms. The van der Waals surface area contributed by atoms with Crippen molar-refractivity contribution in [2.45, 2.75) is 19.9 Å². The molecule has 0 radical (unpaired) electrons. The Labute approximate surface area is 180 Å². The first kappa shape index (κ1) is 21.2. The lowest BCUT2D eigenvalue weighted by Crippen LogP contribution is -2.22. The van der Waals surface area contributed by atoms with Gasteiger partial charge < -0.3 is 15.8 Å². The Morgan fingerprint density at radius 3 is 2.70 bits per heavy atom. The molecule has 0 saturated heterocycles. The molecular weight excluding hydrogens is 471 g/mol. The normalized spacial score (nSPS) is 11.0. The van der Waals surface area contributed by atoms with Crippen LogP contribution in [0.3, 0.4) is 0 Å². The van der Waals surface area contributed by atoms with Crippen molar-refractivity contribution in [1.82, 2.24) is 4.98 Å². The first-order valence-corrected chi connectivity index (χ1v) is 9.30. The molecule has 5 nitrogen and oxygen atoms in total. The molecule has 0 unspecified atom stereocenters. The number of anilines is 1. The van der Waals surface area contributed by atoms with Crippen LogP contribution >= 0.6 is 35.3 Å². The van der Waals surface area contributed by atoms with E-state index in [9.17, 15) is 0 Å². The predicted octanol–water partition coefficient (Wildman–Crippen LogP) is 4.93. The molecule has 0 aliphatic carbocycles. The van der Waals surface area contributed by atoms with Crippen LogP contribution in [0.1, 0.15) is 18.2 Å². The fourth-order valence-electron chi connectivity index (χ4n) is 2.47. The number of rotatable bonds is 6. The number of hydrogen-bond donors (Lipinski definition) is 2. The number of benzene rings is 2. The zero-order valence-corrected chi connectivity index (χ0v) is 18.5. The molecule has 142 valence electrons. The third-order valence-electron chi connectivity index (χ3n) is 3.91. The Hall–Kier alpha value is -2.13. The number of ether oxygens (including phenoxy) is 1. The van der Waals surface area contributed by atoms with Crippen molar-refractivity contribution in [2.24, 2.45) is 10.7 Å². The van der Waals surface area contributed by atoms with E-state index in [4.69, 9.17) is 10.5 Å². The fraction of sp³-hybridized carbons (Fsp3) is 0.200. The van der Waals surface area contributed by atoms with Gasteiger partial charge in [-0.2, -0.15) is 0 Å². The van der Waals surface area contributed by atoms with Crippen molar-refractivity contribution in [2.75, 3.05) is 12.4 Å². The lowest BCUT2D eigenvalue weighted by molar-refractivity contribution is 0.415. The van der Waals surface area contributed by atoms with Gasteiger partial charge in [0.2, 0.25) is 0 Å². The first-order chi connectivity index (χ1) is 12.7. The van der Waals surface area contributed by atoms with E-state index < -0.39 is 0 Å². The molecule has 7 heteroatoms. The molecule has 0 saturated carbocycles. The maximum absolute atomic E-state index is 6.00. The number of aliphatic imine (C=N–C) groups is 1. The lowest BCUT2D eigenvalue weighted by Gasteiger charge is -2.06. The van der Waals surface area contributed by atoms with Crippen molar-refractivity contribution < 1.29 is 4.74 Å². The maximum Gasteiger partial charge on any atom is 0.193 e. The number of thiazole rings is 1. The van der Waals surface area contributed by atoms with Crippen LogP contribution in [0.4, 0.5) is 5.69 Å². The minimum Gasteiger partial charge on any atom is -0.497 e. The van der Waals surface area contributed by atoms with Gasteiger partial charge in [0, 0.05) is 16.6 Å². The Morgan fingerprint density at radius 1 is 1.22 bits per heavy atom. The van der Waals surface area contributed by atoms with E-state index in [1.807, 2.05) is 41.8 Å². The van der Waals surface area contributed by atoms with Gasteiger partial charge in [-0.3, -0.25) is 0 Å². The van der Waals surface area contributed by atoms with E-state index >= 15 is 0 Å².